The van der Waals surface area contributed by atoms with Crippen molar-refractivity contribution in [2.45, 2.75) is 19.4 Å². The maximum absolute atomic E-state index is 11.3. The number of nitrogens with zero attached hydrogens (tertiary/aromatic N) is 1. The summed E-state index contributed by atoms with van der Waals surface area (Å²) in [6, 6.07) is 4.42. The van der Waals surface area contributed by atoms with Crippen LogP contribution in [-0.2, 0) is 9.53 Å². The van der Waals surface area contributed by atoms with E-state index in [0.29, 0.717) is 6.42 Å². The number of Topliss-reactive ketones (excluding diaryl/α,β-unsaturated/α-hetero) is 1. The predicted octanol–water partition coefficient (Wildman–Crippen LogP) is 2.52. The summed E-state index contributed by atoms with van der Waals surface area (Å²) in [4.78, 5) is 15.0. The van der Waals surface area contributed by atoms with Gasteiger partial charge >= 0.3 is 0 Å². The van der Waals surface area contributed by atoms with Gasteiger partial charge in [-0.05, 0) is 18.4 Å². The molecule has 0 radical (unpaired) electrons. The Morgan fingerprint density at radius 1 is 1.53 bits per heavy atom. The number of hydrogen-bond donors (Lipinski definition) is 0. The first-order valence-electron chi connectivity index (χ1n) is 5.62. The van der Waals surface area contributed by atoms with Gasteiger partial charge in [0, 0.05) is 24.4 Å². The fraction of sp³-hybridized carbons (Fsp3) is 0.583. The molecule has 2 rings (SSSR count). The highest BCUT2D eigenvalue weighted by molar-refractivity contribution is 7.10. The number of thiophene rings is 1. The zero-order valence-corrected chi connectivity index (χ0v) is 11.6. The first-order chi connectivity index (χ1) is 7.77. The molecule has 0 spiro atoms. The van der Waals surface area contributed by atoms with Gasteiger partial charge in [0.25, 0.3) is 0 Å². The van der Waals surface area contributed by atoms with Crippen molar-refractivity contribution in [1.29, 1.82) is 0 Å². The second-order valence-electron chi connectivity index (χ2n) is 4.09. The van der Waals surface area contributed by atoms with E-state index in [2.05, 4.69) is 16.3 Å². The monoisotopic (exact) mass is 275 g/mol. The minimum atomic E-state index is 0. The third-order valence-corrected chi connectivity index (χ3v) is 3.81. The molecule has 1 fully saturated rings. The Kier molecular flexibility index (Phi) is 6.12. The van der Waals surface area contributed by atoms with Gasteiger partial charge in [-0.2, -0.15) is 0 Å². The van der Waals surface area contributed by atoms with E-state index < -0.39 is 0 Å². The van der Waals surface area contributed by atoms with E-state index in [1.54, 1.807) is 18.3 Å². The van der Waals surface area contributed by atoms with Gasteiger partial charge in [-0.25, -0.2) is 0 Å². The molecule has 0 aliphatic carbocycles. The van der Waals surface area contributed by atoms with E-state index in [1.165, 1.54) is 4.88 Å². The lowest BCUT2D eigenvalue weighted by atomic mass is 10.1. The number of carbonyl (C=O) groups is 1. The fourth-order valence-corrected chi connectivity index (χ4v) is 2.91. The lowest BCUT2D eigenvalue weighted by Crippen LogP contribution is -2.39. The van der Waals surface area contributed by atoms with Crippen LogP contribution in [0, 0.1) is 0 Å². The molecule has 1 aliphatic rings. The van der Waals surface area contributed by atoms with Crippen LogP contribution in [0.5, 0.6) is 0 Å². The van der Waals surface area contributed by atoms with Crippen LogP contribution in [-0.4, -0.2) is 37.0 Å². The third kappa shape index (κ3) is 4.07. The van der Waals surface area contributed by atoms with E-state index in [0.717, 1.165) is 26.3 Å². The molecule has 5 heteroatoms. The summed E-state index contributed by atoms with van der Waals surface area (Å²) in [5.74, 6) is 0.255. The van der Waals surface area contributed by atoms with Crippen molar-refractivity contribution in [2.75, 3.05) is 26.3 Å². The molecule has 1 unspecified atom stereocenters. The predicted molar refractivity (Wildman–Crippen MR) is 72.0 cm³/mol. The van der Waals surface area contributed by atoms with Crippen LogP contribution < -0.4 is 0 Å². The maximum Gasteiger partial charge on any atom is 0.131 e. The summed E-state index contributed by atoms with van der Waals surface area (Å²) < 4.78 is 5.35. The van der Waals surface area contributed by atoms with E-state index in [4.69, 9.17) is 4.74 Å². The van der Waals surface area contributed by atoms with E-state index >= 15 is 0 Å². The maximum atomic E-state index is 11.3. The number of hydrogen-bond acceptors (Lipinski definition) is 4. The number of carbonyl (C=O) groups excluding carboxylic acids is 1. The van der Waals surface area contributed by atoms with Crippen LogP contribution in [0.25, 0.3) is 0 Å². The summed E-state index contributed by atoms with van der Waals surface area (Å²) in [5, 5.41) is 2.07. The molecule has 3 nitrogen and oxygen atoms in total. The van der Waals surface area contributed by atoms with Gasteiger partial charge in [0.15, 0.2) is 0 Å². The zero-order chi connectivity index (χ0) is 11.4. The molecule has 0 N–H and O–H groups in total. The van der Waals surface area contributed by atoms with Crippen LogP contribution >= 0.6 is 23.7 Å². The summed E-state index contributed by atoms with van der Waals surface area (Å²) in [6.45, 7) is 5.08. The number of ether oxygens (including phenoxy) is 1. The highest BCUT2D eigenvalue weighted by atomic mass is 35.5. The van der Waals surface area contributed by atoms with Crippen molar-refractivity contribution in [3.05, 3.63) is 22.4 Å². The number of halogens is 1. The molecular weight excluding hydrogens is 258 g/mol. The van der Waals surface area contributed by atoms with Crippen molar-refractivity contribution < 1.29 is 9.53 Å². The van der Waals surface area contributed by atoms with Gasteiger partial charge in [-0.15, -0.1) is 23.7 Å². The molecule has 1 aromatic heterocycles. The Morgan fingerprint density at radius 3 is 2.76 bits per heavy atom. The SMILES string of the molecule is CC(=O)CC(c1cccs1)N1CCOCC1.Cl. The summed E-state index contributed by atoms with van der Waals surface area (Å²) in [6.07, 6.45) is 0.612. The summed E-state index contributed by atoms with van der Waals surface area (Å²) >= 11 is 1.73. The van der Waals surface area contributed by atoms with Crippen LogP contribution in [0.4, 0.5) is 0 Å². The Morgan fingerprint density at radius 2 is 2.24 bits per heavy atom. The van der Waals surface area contributed by atoms with Crippen LogP contribution in [0.15, 0.2) is 17.5 Å². The first kappa shape index (κ1) is 14.6. The molecule has 1 aromatic rings. The van der Waals surface area contributed by atoms with Crippen LogP contribution in [0.1, 0.15) is 24.3 Å². The van der Waals surface area contributed by atoms with Crippen molar-refractivity contribution in [2.24, 2.45) is 0 Å². The number of rotatable bonds is 4. The standard InChI is InChI=1S/C12H17NO2S.ClH/c1-10(14)9-11(12-3-2-8-16-12)13-4-6-15-7-5-13;/h2-3,8,11H,4-7,9H2,1H3;1H. The molecule has 0 amide bonds. The van der Waals surface area contributed by atoms with Crippen molar-refractivity contribution in [3.63, 3.8) is 0 Å². The third-order valence-electron chi connectivity index (χ3n) is 2.84. The Labute approximate surface area is 112 Å². The normalized spacial score (nSPS) is 18.4. The molecule has 1 aliphatic heterocycles. The topological polar surface area (TPSA) is 29.5 Å². The van der Waals surface area contributed by atoms with Crippen LogP contribution in [0.2, 0.25) is 0 Å². The Bertz CT molecular complexity index is 336. The quantitative estimate of drug-likeness (QED) is 0.846. The number of morpholine rings is 1. The molecule has 0 saturated carbocycles. The van der Waals surface area contributed by atoms with Gasteiger partial charge < -0.3 is 4.74 Å². The minimum absolute atomic E-state index is 0. The summed E-state index contributed by atoms with van der Waals surface area (Å²) in [5.41, 5.74) is 0. The zero-order valence-electron chi connectivity index (χ0n) is 9.93. The van der Waals surface area contributed by atoms with Crippen LogP contribution in [0.3, 0.4) is 0 Å². The van der Waals surface area contributed by atoms with Gasteiger partial charge in [-0.3, -0.25) is 9.69 Å². The number of ketones is 1. The molecule has 1 saturated heterocycles. The van der Waals surface area contributed by atoms with E-state index in [1.807, 2.05) is 6.07 Å². The summed E-state index contributed by atoms with van der Waals surface area (Å²) in [7, 11) is 0. The Balaban J connectivity index is 0.00000144. The van der Waals surface area contributed by atoms with Crippen molar-refractivity contribution >= 4 is 29.5 Å². The van der Waals surface area contributed by atoms with Crippen molar-refractivity contribution in [3.8, 4) is 0 Å². The lowest BCUT2D eigenvalue weighted by molar-refractivity contribution is -0.118. The first-order valence-corrected chi connectivity index (χ1v) is 6.50. The molecule has 1 atom stereocenters. The molecular formula is C12H18ClNO2S. The fourth-order valence-electron chi connectivity index (χ4n) is 2.05. The Hall–Kier alpha value is -0.420. The smallest absolute Gasteiger partial charge is 0.131 e. The second-order valence-corrected chi connectivity index (χ2v) is 5.06. The van der Waals surface area contributed by atoms with Gasteiger partial charge in [0.05, 0.1) is 19.3 Å². The second kappa shape index (κ2) is 7.11. The largest absolute Gasteiger partial charge is 0.379 e. The van der Waals surface area contributed by atoms with Gasteiger partial charge in [-0.1, -0.05) is 6.07 Å². The molecule has 0 bridgehead atoms. The lowest BCUT2D eigenvalue weighted by Gasteiger charge is -2.33. The molecule has 0 aromatic carbocycles. The molecule has 96 valence electrons. The van der Waals surface area contributed by atoms with Gasteiger partial charge in [0.2, 0.25) is 0 Å². The highest BCUT2D eigenvalue weighted by Gasteiger charge is 2.24. The van der Waals surface area contributed by atoms with Crippen molar-refractivity contribution in [1.82, 2.24) is 4.90 Å². The average Bonchev–Trinajstić information content (AvgIpc) is 2.80. The molecule has 17 heavy (non-hydrogen) atoms. The van der Waals surface area contributed by atoms with Gasteiger partial charge in [0.1, 0.15) is 5.78 Å². The molecule has 2 heterocycles. The van der Waals surface area contributed by atoms with E-state index in [-0.39, 0.29) is 24.2 Å². The average molecular weight is 276 g/mol. The van der Waals surface area contributed by atoms with E-state index in [9.17, 15) is 4.79 Å². The highest BCUT2D eigenvalue weighted by Crippen LogP contribution is 2.28. The minimum Gasteiger partial charge on any atom is -0.379 e.